The Balaban J connectivity index is 5.25. The van der Waals surface area contributed by atoms with Gasteiger partial charge in [-0.1, -0.05) is 234 Å². The van der Waals surface area contributed by atoms with E-state index in [1.54, 1.807) is 0 Å². The second-order valence-electron chi connectivity index (χ2n) is 21.5. The first-order valence-electron chi connectivity index (χ1n) is 30.6. The van der Waals surface area contributed by atoms with Crippen LogP contribution in [0.15, 0.2) is 97.2 Å². The summed E-state index contributed by atoms with van der Waals surface area (Å²) in [5.41, 5.74) is 0. The minimum Gasteiger partial charge on any atom is -0.456 e. The molecule has 0 rings (SSSR count). The van der Waals surface area contributed by atoms with Crippen molar-refractivity contribution in [3.63, 3.8) is 0 Å². The molecule has 3 unspecified atom stereocenters. The van der Waals surface area contributed by atoms with E-state index in [4.69, 9.17) is 13.8 Å². The number of quaternary nitrogens is 1. The van der Waals surface area contributed by atoms with Crippen LogP contribution in [0.25, 0.3) is 0 Å². The van der Waals surface area contributed by atoms with Crippen molar-refractivity contribution in [3.8, 4) is 0 Å². The first-order valence-corrected chi connectivity index (χ1v) is 32.1. The summed E-state index contributed by atoms with van der Waals surface area (Å²) in [6.07, 6.45) is 72.6. The summed E-state index contributed by atoms with van der Waals surface area (Å²) >= 11 is 0. The summed E-state index contributed by atoms with van der Waals surface area (Å²) in [6, 6.07) is -0.862. The van der Waals surface area contributed by atoms with Crippen molar-refractivity contribution >= 4 is 19.7 Å². The molecule has 0 aliphatic heterocycles. The van der Waals surface area contributed by atoms with Gasteiger partial charge >= 0.3 is 13.8 Å². The maximum atomic E-state index is 13.5. The normalized spacial score (nSPS) is 14.4. The Bertz CT molecular complexity index is 1610. The van der Waals surface area contributed by atoms with E-state index >= 15 is 0 Å². The Labute approximate surface area is 462 Å². The Morgan fingerprint density at radius 2 is 0.853 bits per heavy atom. The molecular weight excluding hydrogens is 952 g/mol. The molecule has 1 amide bonds. The van der Waals surface area contributed by atoms with Crippen LogP contribution in [-0.4, -0.2) is 74.3 Å². The lowest BCUT2D eigenvalue weighted by Crippen LogP contribution is -2.47. The molecule has 0 heterocycles. The highest BCUT2D eigenvalue weighted by atomic mass is 31.2. The van der Waals surface area contributed by atoms with Crippen molar-refractivity contribution in [2.75, 3.05) is 40.9 Å². The van der Waals surface area contributed by atoms with Crippen molar-refractivity contribution in [3.05, 3.63) is 97.2 Å². The number of unbranched alkanes of at least 4 members (excludes halogenated alkanes) is 24. The smallest absolute Gasteiger partial charge is 0.456 e. The molecule has 75 heavy (non-hydrogen) atoms. The molecule has 0 aromatic heterocycles. The number of phosphoric ester groups is 1. The molecule has 0 fully saturated rings. The average Bonchev–Trinajstić information content (AvgIpc) is 3.37. The molecule has 0 bridgehead atoms. The highest BCUT2D eigenvalue weighted by molar-refractivity contribution is 7.47. The number of likely N-dealkylation sites (N-methyl/N-ethyl adjacent to an activating group) is 1. The predicted octanol–water partition coefficient (Wildman–Crippen LogP) is 18.8. The molecule has 9 nitrogen and oxygen atoms in total. The van der Waals surface area contributed by atoms with Crippen LogP contribution in [0.1, 0.15) is 252 Å². The molecule has 432 valence electrons. The average molecular weight is 1070 g/mol. The highest BCUT2D eigenvalue weighted by Crippen LogP contribution is 2.43. The van der Waals surface area contributed by atoms with Crippen molar-refractivity contribution in [2.24, 2.45) is 0 Å². The van der Waals surface area contributed by atoms with Gasteiger partial charge in [0.2, 0.25) is 5.91 Å². The van der Waals surface area contributed by atoms with Crippen LogP contribution in [0.2, 0.25) is 0 Å². The minimum absolute atomic E-state index is 0.0323. The molecule has 3 atom stereocenters. The number of hydrogen-bond acceptors (Lipinski definition) is 6. The Morgan fingerprint density at radius 3 is 1.28 bits per heavy atom. The summed E-state index contributed by atoms with van der Waals surface area (Å²) in [6.45, 7) is 6.77. The topological polar surface area (TPSA) is 111 Å². The van der Waals surface area contributed by atoms with Crippen molar-refractivity contribution in [2.45, 2.75) is 264 Å². The Kier molecular flexibility index (Phi) is 52.1. The van der Waals surface area contributed by atoms with E-state index in [-0.39, 0.29) is 31.5 Å². The molecule has 0 aliphatic rings. The number of carbonyl (C=O) groups excluding carboxylic acids is 2. The maximum Gasteiger partial charge on any atom is 0.472 e. The third-order valence-corrected chi connectivity index (χ3v) is 14.0. The van der Waals surface area contributed by atoms with Gasteiger partial charge in [-0.15, -0.1) is 0 Å². The highest BCUT2D eigenvalue weighted by Gasteiger charge is 2.30. The van der Waals surface area contributed by atoms with Crippen molar-refractivity contribution in [1.82, 2.24) is 5.32 Å². The molecule has 0 radical (unpaired) electrons. The zero-order valence-electron chi connectivity index (χ0n) is 49.3. The van der Waals surface area contributed by atoms with Gasteiger partial charge in [-0.2, -0.15) is 0 Å². The van der Waals surface area contributed by atoms with Crippen LogP contribution in [-0.2, 0) is 27.9 Å². The molecule has 0 aromatic carbocycles. The number of phosphoric acid groups is 1. The van der Waals surface area contributed by atoms with Crippen LogP contribution in [0.5, 0.6) is 0 Å². The molecule has 2 N–H and O–H groups in total. The van der Waals surface area contributed by atoms with Crippen molar-refractivity contribution in [1.29, 1.82) is 0 Å². The van der Waals surface area contributed by atoms with Gasteiger partial charge in [-0.25, -0.2) is 4.57 Å². The number of amides is 1. The zero-order chi connectivity index (χ0) is 55.0. The Morgan fingerprint density at radius 1 is 0.480 bits per heavy atom. The second-order valence-corrected chi connectivity index (χ2v) is 22.9. The van der Waals surface area contributed by atoms with E-state index in [1.165, 1.54) is 89.9 Å². The molecule has 0 saturated carbocycles. The number of carbonyl (C=O) groups is 2. The summed E-state index contributed by atoms with van der Waals surface area (Å²) in [5, 5.41) is 3.04. The van der Waals surface area contributed by atoms with Gasteiger partial charge in [0.15, 0.2) is 0 Å². The first-order chi connectivity index (χ1) is 36.4. The van der Waals surface area contributed by atoms with Crippen LogP contribution < -0.4 is 5.32 Å². The summed E-state index contributed by atoms with van der Waals surface area (Å²) in [7, 11) is 1.47. The van der Waals surface area contributed by atoms with Crippen LogP contribution in [0, 0.1) is 0 Å². The first kappa shape index (κ1) is 71.9. The lowest BCUT2D eigenvalue weighted by atomic mass is 10.0. The second kappa shape index (κ2) is 54.3. The van der Waals surface area contributed by atoms with Gasteiger partial charge in [0.05, 0.1) is 33.8 Å². The number of rotatable bonds is 54. The largest absolute Gasteiger partial charge is 0.472 e. The number of allylic oxidation sites excluding steroid dienone is 15. The van der Waals surface area contributed by atoms with E-state index in [1.807, 2.05) is 33.3 Å². The summed E-state index contributed by atoms with van der Waals surface area (Å²) < 4.78 is 30.7. The van der Waals surface area contributed by atoms with E-state index in [0.717, 1.165) is 128 Å². The fourth-order valence-electron chi connectivity index (χ4n) is 8.36. The maximum absolute atomic E-state index is 13.5. The lowest BCUT2D eigenvalue weighted by Gasteiger charge is -2.27. The fraction of sp³-hybridized carbons (Fsp3) is 0.723. The lowest BCUT2D eigenvalue weighted by molar-refractivity contribution is -0.870. The molecule has 0 aliphatic carbocycles. The predicted molar refractivity (Wildman–Crippen MR) is 323 cm³/mol. The van der Waals surface area contributed by atoms with E-state index in [9.17, 15) is 19.0 Å². The molecule has 0 aromatic rings. The van der Waals surface area contributed by atoms with Crippen LogP contribution >= 0.6 is 7.82 Å². The molecule has 10 heteroatoms. The summed E-state index contributed by atoms with van der Waals surface area (Å²) in [4.78, 5) is 37.7. The fourth-order valence-corrected chi connectivity index (χ4v) is 9.09. The van der Waals surface area contributed by atoms with E-state index in [0.29, 0.717) is 17.4 Å². The third kappa shape index (κ3) is 55.5. The number of ether oxygens (including phenoxy) is 1. The van der Waals surface area contributed by atoms with Crippen LogP contribution in [0.4, 0.5) is 0 Å². The summed E-state index contributed by atoms with van der Waals surface area (Å²) in [5.74, 6) is -0.531. The number of nitrogens with one attached hydrogen (secondary N) is 1. The number of esters is 1. The zero-order valence-corrected chi connectivity index (χ0v) is 50.2. The quantitative estimate of drug-likeness (QED) is 0.0205. The molecular formula is C65H116N2O7P+. The van der Waals surface area contributed by atoms with E-state index in [2.05, 4.69) is 111 Å². The van der Waals surface area contributed by atoms with Gasteiger partial charge < -0.3 is 19.4 Å². The Hall–Kier alpha value is -3.07. The molecule has 0 saturated heterocycles. The molecule has 0 spiro atoms. The SMILES string of the molecule is CC/C=C\C/C=C\C/C=C\C/C=C\C/C=C\CCCCCCCCCC(=O)OC(/C=C\CCCCCCCCCCCC)C(COP(=O)(O)OCC[N+](C)(C)C)NC(=O)CCCCCCCCC/C=C/C/C=C/CC. The standard InChI is InChI=1S/C65H115N2O7P/c1-7-10-13-16-19-22-25-28-30-31-32-33-34-35-36-37-38-40-43-46-49-52-55-58-65(69)74-63(56-53-50-47-44-41-27-24-21-18-15-12-9-3)62(61-73-75(70,71)72-60-59-67(4,5)6)66-64(68)57-54-51-48-45-42-39-29-26-23-20-17-14-11-8-2/h10-11,13-14,19-20,22-23,28,30,32-33,35-36,53,56,62-63H,7-9,12,15-18,21,24-27,29,31,34,37-52,54-55,57-61H2,1-6H3,(H-,66,68,70,71)/p+1/b13-10-,14-11+,22-19-,23-20+,30-28-,33-32-,36-35-,56-53-. The third-order valence-electron chi connectivity index (χ3n) is 13.0. The number of nitrogens with zero attached hydrogens (tertiary/aromatic N) is 1. The van der Waals surface area contributed by atoms with Gasteiger partial charge in [-0.3, -0.25) is 18.6 Å². The number of hydrogen-bond donors (Lipinski definition) is 2. The van der Waals surface area contributed by atoms with Gasteiger partial charge in [0.1, 0.15) is 19.3 Å². The van der Waals surface area contributed by atoms with Gasteiger partial charge in [-0.05, 0) is 102 Å². The van der Waals surface area contributed by atoms with Gasteiger partial charge in [0.25, 0.3) is 0 Å². The minimum atomic E-state index is -4.46. The monoisotopic (exact) mass is 1070 g/mol. The van der Waals surface area contributed by atoms with Crippen molar-refractivity contribution < 1.29 is 37.3 Å². The van der Waals surface area contributed by atoms with Gasteiger partial charge in [0, 0.05) is 12.8 Å². The van der Waals surface area contributed by atoms with E-state index < -0.39 is 20.0 Å². The van der Waals surface area contributed by atoms with Crippen LogP contribution in [0.3, 0.4) is 0 Å².